The van der Waals surface area contributed by atoms with Gasteiger partial charge in [-0.05, 0) is 12.8 Å². The highest BCUT2D eigenvalue weighted by Gasteiger charge is 2.20. The molecule has 1 rings (SSSR count). The van der Waals surface area contributed by atoms with Crippen LogP contribution in [0.5, 0.6) is 0 Å². The molecule has 0 radical (unpaired) electrons. The predicted octanol–water partition coefficient (Wildman–Crippen LogP) is 1.08. The molecule has 0 heterocycles. The van der Waals surface area contributed by atoms with Crippen molar-refractivity contribution in [2.24, 2.45) is 5.92 Å². The van der Waals surface area contributed by atoms with Crippen molar-refractivity contribution in [3.63, 3.8) is 0 Å². The topological polar surface area (TPSA) is 40.5 Å². The highest BCUT2D eigenvalue weighted by atomic mass is 16.3. The summed E-state index contributed by atoms with van der Waals surface area (Å²) in [6, 6.07) is 0. The Morgan fingerprint density at radius 1 is 1.45 bits per heavy atom. The van der Waals surface area contributed by atoms with Crippen molar-refractivity contribution in [2.75, 3.05) is 0 Å². The molecule has 0 saturated carbocycles. The van der Waals surface area contributed by atoms with E-state index >= 15 is 0 Å². The van der Waals surface area contributed by atoms with Crippen LogP contribution in [-0.2, 0) is 0 Å². The number of aliphatic hydroxyl groups excluding tert-OH is 2. The minimum Gasteiger partial charge on any atom is -0.393 e. The third kappa shape index (κ3) is 2.31. The molecule has 0 aromatic carbocycles. The molecular weight excluding hydrogens is 140 g/mol. The van der Waals surface area contributed by atoms with E-state index in [1.165, 1.54) is 0 Å². The van der Waals surface area contributed by atoms with Gasteiger partial charge >= 0.3 is 0 Å². The normalized spacial score (nSPS) is 38.6. The molecule has 3 atom stereocenters. The first-order valence-corrected chi connectivity index (χ1v) is 4.26. The molecule has 2 nitrogen and oxygen atoms in total. The average Bonchev–Trinajstić information content (AvgIpc) is 2.11. The van der Waals surface area contributed by atoms with E-state index in [0.717, 1.165) is 6.42 Å². The summed E-state index contributed by atoms with van der Waals surface area (Å²) in [6.07, 6.45) is 5.44. The van der Waals surface area contributed by atoms with Gasteiger partial charge in [-0.15, -0.1) is 0 Å². The van der Waals surface area contributed by atoms with Crippen molar-refractivity contribution in [1.29, 1.82) is 0 Å². The maximum absolute atomic E-state index is 9.51. The van der Waals surface area contributed by atoms with E-state index in [4.69, 9.17) is 0 Å². The molecule has 0 bridgehead atoms. The van der Waals surface area contributed by atoms with Crippen molar-refractivity contribution in [3.05, 3.63) is 12.2 Å². The first-order chi connectivity index (χ1) is 5.24. The molecule has 11 heavy (non-hydrogen) atoms. The molecule has 0 spiro atoms. The van der Waals surface area contributed by atoms with Gasteiger partial charge in [-0.3, -0.25) is 0 Å². The Morgan fingerprint density at radius 3 is 2.82 bits per heavy atom. The van der Waals surface area contributed by atoms with Crippen molar-refractivity contribution in [2.45, 2.75) is 38.4 Å². The van der Waals surface area contributed by atoms with E-state index in [1.54, 1.807) is 0 Å². The summed E-state index contributed by atoms with van der Waals surface area (Å²) in [6.45, 7) is 2.05. The Kier molecular flexibility index (Phi) is 3.09. The molecule has 0 saturated heterocycles. The Labute approximate surface area is 67.6 Å². The molecule has 1 aliphatic rings. The lowest BCUT2D eigenvalue weighted by Gasteiger charge is -2.17. The lowest BCUT2D eigenvalue weighted by atomic mass is 9.97. The minimum absolute atomic E-state index is 0.243. The number of aliphatic hydroxyl groups is 2. The summed E-state index contributed by atoms with van der Waals surface area (Å²) in [7, 11) is 0. The number of hydrogen-bond donors (Lipinski definition) is 2. The van der Waals surface area contributed by atoms with E-state index < -0.39 is 0 Å². The lowest BCUT2D eigenvalue weighted by molar-refractivity contribution is 0.0618. The molecule has 0 amide bonds. The Balaban J connectivity index is 2.54. The van der Waals surface area contributed by atoms with Gasteiger partial charge in [0.15, 0.2) is 0 Å². The fourth-order valence-electron chi connectivity index (χ4n) is 1.50. The predicted molar refractivity (Wildman–Crippen MR) is 44.2 cm³/mol. The lowest BCUT2D eigenvalue weighted by Crippen LogP contribution is -2.21. The second kappa shape index (κ2) is 3.88. The monoisotopic (exact) mass is 156 g/mol. The van der Waals surface area contributed by atoms with Crippen LogP contribution in [0.15, 0.2) is 12.2 Å². The fraction of sp³-hybridized carbons (Fsp3) is 0.778. The molecule has 1 aliphatic carbocycles. The number of rotatable bonds is 1. The van der Waals surface area contributed by atoms with Gasteiger partial charge in [0.25, 0.3) is 0 Å². The zero-order valence-electron chi connectivity index (χ0n) is 6.90. The number of hydrogen-bond acceptors (Lipinski definition) is 2. The maximum Gasteiger partial charge on any atom is 0.0627 e. The SMILES string of the molecule is CC[C@H]1C=CC[C@H](O)C[C@H]1O. The molecule has 0 aromatic rings. The van der Waals surface area contributed by atoms with Crippen LogP contribution in [-0.4, -0.2) is 22.4 Å². The average molecular weight is 156 g/mol. The van der Waals surface area contributed by atoms with E-state index in [2.05, 4.69) is 6.92 Å². The van der Waals surface area contributed by atoms with Crippen LogP contribution >= 0.6 is 0 Å². The summed E-state index contributed by atoms with van der Waals surface area (Å²) < 4.78 is 0. The molecule has 2 heteroatoms. The largest absolute Gasteiger partial charge is 0.393 e. The zero-order chi connectivity index (χ0) is 8.27. The highest BCUT2D eigenvalue weighted by Crippen LogP contribution is 2.20. The quantitative estimate of drug-likeness (QED) is 0.558. The first kappa shape index (κ1) is 8.75. The van der Waals surface area contributed by atoms with Crippen LogP contribution in [0, 0.1) is 5.92 Å². The zero-order valence-corrected chi connectivity index (χ0v) is 6.90. The fourth-order valence-corrected chi connectivity index (χ4v) is 1.50. The van der Waals surface area contributed by atoms with Crippen LogP contribution in [0.4, 0.5) is 0 Å². The van der Waals surface area contributed by atoms with E-state index in [0.29, 0.717) is 12.8 Å². The van der Waals surface area contributed by atoms with Crippen LogP contribution in [0.1, 0.15) is 26.2 Å². The van der Waals surface area contributed by atoms with Gasteiger partial charge in [-0.1, -0.05) is 19.1 Å². The van der Waals surface area contributed by atoms with Gasteiger partial charge in [0.1, 0.15) is 0 Å². The summed E-state index contributed by atoms with van der Waals surface area (Å²) in [4.78, 5) is 0. The van der Waals surface area contributed by atoms with Crippen LogP contribution < -0.4 is 0 Å². The summed E-state index contributed by atoms with van der Waals surface area (Å²) in [5.41, 5.74) is 0. The highest BCUT2D eigenvalue weighted by molar-refractivity contribution is 4.96. The molecule has 64 valence electrons. The molecule has 0 aromatic heterocycles. The van der Waals surface area contributed by atoms with Gasteiger partial charge in [-0.2, -0.15) is 0 Å². The first-order valence-electron chi connectivity index (χ1n) is 4.26. The molecule has 2 N–H and O–H groups in total. The Morgan fingerprint density at radius 2 is 2.18 bits per heavy atom. The van der Waals surface area contributed by atoms with Crippen LogP contribution in [0.3, 0.4) is 0 Å². The van der Waals surface area contributed by atoms with Crippen molar-refractivity contribution in [3.8, 4) is 0 Å². The molecule has 0 fully saturated rings. The van der Waals surface area contributed by atoms with E-state index in [1.807, 2.05) is 12.2 Å². The van der Waals surface area contributed by atoms with Gasteiger partial charge in [-0.25, -0.2) is 0 Å². The van der Waals surface area contributed by atoms with Gasteiger partial charge in [0, 0.05) is 12.3 Å². The van der Waals surface area contributed by atoms with Crippen molar-refractivity contribution >= 4 is 0 Å². The van der Waals surface area contributed by atoms with E-state index in [-0.39, 0.29) is 18.1 Å². The van der Waals surface area contributed by atoms with E-state index in [9.17, 15) is 10.2 Å². The Bertz CT molecular complexity index is 142. The van der Waals surface area contributed by atoms with Crippen LogP contribution in [0.25, 0.3) is 0 Å². The second-order valence-electron chi connectivity index (χ2n) is 3.19. The van der Waals surface area contributed by atoms with Crippen molar-refractivity contribution in [1.82, 2.24) is 0 Å². The standard InChI is InChI=1S/C9H16O2/c1-2-7-4-3-5-8(10)6-9(7)11/h3-4,7-11H,2,5-6H2,1H3/t7-,8-,9+/m0/s1. The van der Waals surface area contributed by atoms with Gasteiger partial charge < -0.3 is 10.2 Å². The summed E-state index contributed by atoms with van der Waals surface area (Å²) >= 11 is 0. The van der Waals surface area contributed by atoms with Gasteiger partial charge in [0.05, 0.1) is 12.2 Å². The molecule has 0 aliphatic heterocycles. The smallest absolute Gasteiger partial charge is 0.0627 e. The maximum atomic E-state index is 9.51. The van der Waals surface area contributed by atoms with Crippen LogP contribution in [0.2, 0.25) is 0 Å². The second-order valence-corrected chi connectivity index (χ2v) is 3.19. The van der Waals surface area contributed by atoms with Crippen molar-refractivity contribution < 1.29 is 10.2 Å². The molecule has 0 unspecified atom stereocenters. The minimum atomic E-state index is -0.353. The molecular formula is C9H16O2. The Hall–Kier alpha value is -0.340. The summed E-state index contributed by atoms with van der Waals surface area (Å²) in [5, 5.41) is 18.8. The van der Waals surface area contributed by atoms with Gasteiger partial charge in [0.2, 0.25) is 0 Å². The summed E-state index contributed by atoms with van der Waals surface area (Å²) in [5.74, 6) is 0.243. The third-order valence-corrected chi connectivity index (χ3v) is 2.27. The third-order valence-electron chi connectivity index (χ3n) is 2.27.